The molecule has 9 heteroatoms. The zero-order chi connectivity index (χ0) is 19.4. The Labute approximate surface area is 157 Å². The van der Waals surface area contributed by atoms with Crippen molar-refractivity contribution < 1.29 is 18.7 Å². The van der Waals surface area contributed by atoms with Gasteiger partial charge in [0.15, 0.2) is 11.5 Å². The number of hydrogen-bond acceptors (Lipinski definition) is 5. The zero-order valence-corrected chi connectivity index (χ0v) is 14.7. The van der Waals surface area contributed by atoms with Crippen molar-refractivity contribution in [3.05, 3.63) is 75.4 Å². The third-order valence-electron chi connectivity index (χ3n) is 3.46. The number of benzene rings is 2. The van der Waals surface area contributed by atoms with E-state index in [0.717, 1.165) is 6.07 Å². The lowest BCUT2D eigenvalue weighted by Crippen LogP contribution is -2.16. The number of carbonyl (C=O) groups is 1. The van der Waals surface area contributed by atoms with Crippen LogP contribution < -0.4 is 20.3 Å². The highest BCUT2D eigenvalue weighted by atomic mass is 35.5. The Morgan fingerprint density at radius 1 is 1.15 bits per heavy atom. The van der Waals surface area contributed by atoms with Gasteiger partial charge in [-0.05, 0) is 24.3 Å². The SMILES string of the molecule is COc1cc(F)ccc1Oc1cc(Cl)ccc1C(=O)Nc1cn[nH]c(=O)c1. The van der Waals surface area contributed by atoms with E-state index in [0.29, 0.717) is 5.02 Å². The van der Waals surface area contributed by atoms with Crippen molar-refractivity contribution >= 4 is 23.2 Å². The molecule has 1 heterocycles. The average molecular weight is 390 g/mol. The molecule has 0 atom stereocenters. The molecular weight excluding hydrogens is 377 g/mol. The molecule has 0 bridgehead atoms. The first kappa shape index (κ1) is 18.4. The highest BCUT2D eigenvalue weighted by Crippen LogP contribution is 2.35. The minimum absolute atomic E-state index is 0.128. The molecule has 0 saturated heterocycles. The van der Waals surface area contributed by atoms with Gasteiger partial charge in [0.1, 0.15) is 11.6 Å². The number of nitrogens with zero attached hydrogens (tertiary/aromatic N) is 1. The quantitative estimate of drug-likeness (QED) is 0.695. The molecule has 27 heavy (non-hydrogen) atoms. The number of nitrogens with one attached hydrogen (secondary N) is 2. The smallest absolute Gasteiger partial charge is 0.266 e. The van der Waals surface area contributed by atoms with Crippen LogP contribution in [0.25, 0.3) is 0 Å². The molecular formula is C18H13ClFN3O4. The highest BCUT2D eigenvalue weighted by Gasteiger charge is 2.16. The van der Waals surface area contributed by atoms with E-state index in [1.807, 2.05) is 0 Å². The molecule has 138 valence electrons. The Kier molecular flexibility index (Phi) is 5.37. The van der Waals surface area contributed by atoms with Gasteiger partial charge < -0.3 is 14.8 Å². The molecule has 0 unspecified atom stereocenters. The summed E-state index contributed by atoms with van der Waals surface area (Å²) in [6.45, 7) is 0. The molecule has 7 nitrogen and oxygen atoms in total. The summed E-state index contributed by atoms with van der Waals surface area (Å²) in [7, 11) is 1.37. The summed E-state index contributed by atoms with van der Waals surface area (Å²) in [5.74, 6) is -0.559. The first-order valence-corrected chi connectivity index (χ1v) is 8.01. The largest absolute Gasteiger partial charge is 0.493 e. The summed E-state index contributed by atoms with van der Waals surface area (Å²) in [6.07, 6.45) is 1.29. The fraction of sp³-hybridized carbons (Fsp3) is 0.0556. The van der Waals surface area contributed by atoms with Crippen molar-refractivity contribution in [3.8, 4) is 17.2 Å². The van der Waals surface area contributed by atoms with Gasteiger partial charge in [0.25, 0.3) is 11.5 Å². The predicted octanol–water partition coefficient (Wildman–Crippen LogP) is 3.62. The molecule has 0 aliphatic rings. The van der Waals surface area contributed by atoms with Gasteiger partial charge in [-0.25, -0.2) is 9.49 Å². The summed E-state index contributed by atoms with van der Waals surface area (Å²) < 4.78 is 24.2. The van der Waals surface area contributed by atoms with Crippen LogP contribution in [0.3, 0.4) is 0 Å². The molecule has 0 aliphatic heterocycles. The maximum atomic E-state index is 13.4. The summed E-state index contributed by atoms with van der Waals surface area (Å²) in [4.78, 5) is 23.9. The van der Waals surface area contributed by atoms with Crippen LogP contribution in [0.5, 0.6) is 17.2 Å². The van der Waals surface area contributed by atoms with Crippen molar-refractivity contribution in [2.75, 3.05) is 12.4 Å². The van der Waals surface area contributed by atoms with E-state index in [1.54, 1.807) is 0 Å². The van der Waals surface area contributed by atoms with Gasteiger partial charge in [-0.15, -0.1) is 0 Å². The minimum atomic E-state index is -0.546. The van der Waals surface area contributed by atoms with Crippen molar-refractivity contribution in [1.29, 1.82) is 0 Å². The number of ether oxygens (including phenoxy) is 2. The Bertz CT molecular complexity index is 1050. The van der Waals surface area contributed by atoms with E-state index in [2.05, 4.69) is 15.5 Å². The number of anilines is 1. The maximum absolute atomic E-state index is 13.4. The number of methoxy groups -OCH3 is 1. The topological polar surface area (TPSA) is 93.3 Å². The van der Waals surface area contributed by atoms with E-state index in [4.69, 9.17) is 21.1 Å². The Balaban J connectivity index is 1.93. The van der Waals surface area contributed by atoms with Crippen molar-refractivity contribution in [2.24, 2.45) is 0 Å². The van der Waals surface area contributed by atoms with Gasteiger partial charge >= 0.3 is 0 Å². The molecule has 1 aromatic heterocycles. The van der Waals surface area contributed by atoms with Gasteiger partial charge in [0.2, 0.25) is 0 Å². The third kappa shape index (κ3) is 4.42. The fourth-order valence-corrected chi connectivity index (χ4v) is 2.42. The Morgan fingerprint density at radius 2 is 1.96 bits per heavy atom. The monoisotopic (exact) mass is 389 g/mol. The van der Waals surface area contributed by atoms with Crippen LogP contribution in [0.15, 0.2) is 53.5 Å². The van der Waals surface area contributed by atoms with Gasteiger partial charge in [-0.1, -0.05) is 11.6 Å². The second-order valence-corrected chi connectivity index (χ2v) is 5.76. The van der Waals surface area contributed by atoms with Crippen LogP contribution >= 0.6 is 11.6 Å². The standard InChI is InChI=1S/C18H13ClFN3O4/c1-26-16-7-11(20)3-5-14(16)27-15-6-10(19)2-4-13(15)18(25)22-12-8-17(24)23-21-9-12/h2-9H,1H3,(H2,22,23,24,25). The molecule has 0 fully saturated rings. The second kappa shape index (κ2) is 7.88. The van der Waals surface area contributed by atoms with Gasteiger partial charge in [-0.3, -0.25) is 9.59 Å². The van der Waals surface area contributed by atoms with Crippen molar-refractivity contribution in [1.82, 2.24) is 10.2 Å². The number of carbonyl (C=O) groups excluding carboxylic acids is 1. The van der Waals surface area contributed by atoms with E-state index in [1.165, 1.54) is 49.7 Å². The Hall–Kier alpha value is -3.39. The molecule has 3 rings (SSSR count). The number of aromatic amines is 1. The highest BCUT2D eigenvalue weighted by molar-refractivity contribution is 6.31. The van der Waals surface area contributed by atoms with E-state index in [9.17, 15) is 14.0 Å². The first-order valence-electron chi connectivity index (χ1n) is 7.63. The van der Waals surface area contributed by atoms with Crippen LogP contribution in [-0.2, 0) is 0 Å². The van der Waals surface area contributed by atoms with Crippen molar-refractivity contribution in [3.63, 3.8) is 0 Å². The third-order valence-corrected chi connectivity index (χ3v) is 3.69. The lowest BCUT2D eigenvalue weighted by molar-refractivity contribution is 0.102. The summed E-state index contributed by atoms with van der Waals surface area (Å²) in [6, 6.07) is 9.33. The van der Waals surface area contributed by atoms with Gasteiger partial charge in [-0.2, -0.15) is 5.10 Å². The molecule has 0 radical (unpaired) electrons. The van der Waals surface area contributed by atoms with Crippen LogP contribution in [-0.4, -0.2) is 23.2 Å². The number of amides is 1. The summed E-state index contributed by atoms with van der Waals surface area (Å²) in [5.41, 5.74) is -0.105. The summed E-state index contributed by atoms with van der Waals surface area (Å²) >= 11 is 6.01. The number of hydrogen-bond donors (Lipinski definition) is 2. The van der Waals surface area contributed by atoms with Gasteiger partial charge in [0.05, 0.1) is 24.6 Å². The van der Waals surface area contributed by atoms with Crippen LogP contribution in [0, 0.1) is 5.82 Å². The molecule has 3 aromatic rings. The van der Waals surface area contributed by atoms with Crippen LogP contribution in [0.1, 0.15) is 10.4 Å². The lowest BCUT2D eigenvalue weighted by atomic mass is 10.2. The predicted molar refractivity (Wildman–Crippen MR) is 97.3 cm³/mol. The van der Waals surface area contributed by atoms with E-state index < -0.39 is 17.3 Å². The number of H-pyrrole nitrogens is 1. The minimum Gasteiger partial charge on any atom is -0.493 e. The van der Waals surface area contributed by atoms with Gasteiger partial charge in [0, 0.05) is 23.2 Å². The second-order valence-electron chi connectivity index (χ2n) is 5.33. The molecule has 0 saturated carbocycles. The van der Waals surface area contributed by atoms with Crippen LogP contribution in [0.2, 0.25) is 5.02 Å². The number of halogens is 2. The normalized spacial score (nSPS) is 10.3. The number of aromatic nitrogens is 2. The first-order chi connectivity index (χ1) is 13.0. The lowest BCUT2D eigenvalue weighted by Gasteiger charge is -2.14. The van der Waals surface area contributed by atoms with Crippen molar-refractivity contribution in [2.45, 2.75) is 0 Å². The molecule has 2 aromatic carbocycles. The number of rotatable bonds is 5. The molecule has 2 N–H and O–H groups in total. The van der Waals surface area contributed by atoms with Crippen LogP contribution in [0.4, 0.5) is 10.1 Å². The molecule has 1 amide bonds. The van der Waals surface area contributed by atoms with E-state index in [-0.39, 0.29) is 28.5 Å². The average Bonchev–Trinajstić information content (AvgIpc) is 2.63. The maximum Gasteiger partial charge on any atom is 0.266 e. The Morgan fingerprint density at radius 3 is 2.70 bits per heavy atom. The fourth-order valence-electron chi connectivity index (χ4n) is 2.26. The zero-order valence-electron chi connectivity index (χ0n) is 14.0. The van der Waals surface area contributed by atoms with E-state index >= 15 is 0 Å². The molecule has 0 aliphatic carbocycles. The summed E-state index contributed by atoms with van der Waals surface area (Å²) in [5, 5.41) is 8.70. The molecule has 0 spiro atoms.